The van der Waals surface area contributed by atoms with Gasteiger partial charge >= 0.3 is 0 Å². The van der Waals surface area contributed by atoms with E-state index in [1.54, 1.807) is 15.8 Å². The van der Waals surface area contributed by atoms with Crippen LogP contribution >= 0.6 is 0 Å². The van der Waals surface area contributed by atoms with Gasteiger partial charge in [-0.15, -0.1) is 5.10 Å². The lowest BCUT2D eigenvalue weighted by atomic mass is 10.0. The lowest BCUT2D eigenvalue weighted by Crippen LogP contribution is -2.48. The lowest BCUT2D eigenvalue weighted by molar-refractivity contribution is -0.126. The Balaban J connectivity index is 1.22. The molecule has 41 heavy (non-hydrogen) atoms. The van der Waals surface area contributed by atoms with Crippen molar-refractivity contribution in [3.8, 4) is 11.5 Å². The number of hydrogen-bond acceptors (Lipinski definition) is 10. The van der Waals surface area contributed by atoms with E-state index in [2.05, 4.69) is 42.1 Å². The number of hydrogen-bond donors (Lipinski definition) is 1. The first-order chi connectivity index (χ1) is 19.9. The first kappa shape index (κ1) is 26.1. The molecule has 0 unspecified atom stereocenters. The number of ether oxygens (including phenoxy) is 1. The number of nitrogens with zero attached hydrogens (tertiary/aromatic N) is 9. The van der Waals surface area contributed by atoms with Crippen LogP contribution in [0.2, 0.25) is 0 Å². The number of benzene rings is 2. The SMILES string of the molecule is C=CC(=O)N(C)[C@@H]1CCCN(c2ncc3ncnc(Nc4ccc(Oc5ccc6c(c5)nnn6C)c(C)c4)c3n2)C1. The summed E-state index contributed by atoms with van der Waals surface area (Å²) in [6, 6.07) is 11.6. The smallest absolute Gasteiger partial charge is 0.246 e. The molecular weight excluding hydrogens is 520 g/mol. The molecule has 0 spiro atoms. The van der Waals surface area contributed by atoms with Crippen molar-refractivity contribution in [2.45, 2.75) is 25.8 Å². The topological polar surface area (TPSA) is 127 Å². The lowest BCUT2D eigenvalue weighted by Gasteiger charge is -2.37. The first-order valence-corrected chi connectivity index (χ1v) is 13.4. The van der Waals surface area contributed by atoms with Crippen molar-refractivity contribution < 1.29 is 9.53 Å². The van der Waals surface area contributed by atoms with E-state index >= 15 is 0 Å². The van der Waals surface area contributed by atoms with Crippen LogP contribution in [-0.2, 0) is 11.8 Å². The molecular formula is C29H30N10O2. The maximum atomic E-state index is 12.2. The largest absolute Gasteiger partial charge is 0.457 e. The van der Waals surface area contributed by atoms with Crippen LogP contribution < -0.4 is 15.0 Å². The number of likely N-dealkylation sites (N-methyl/N-ethyl adjacent to an activating group) is 1. The van der Waals surface area contributed by atoms with Crippen molar-refractivity contribution in [3.63, 3.8) is 0 Å². The molecule has 1 atom stereocenters. The van der Waals surface area contributed by atoms with E-state index in [1.165, 1.54) is 12.4 Å². The van der Waals surface area contributed by atoms with Gasteiger partial charge in [-0.3, -0.25) is 4.79 Å². The fourth-order valence-corrected chi connectivity index (χ4v) is 5.05. The van der Waals surface area contributed by atoms with Gasteiger partial charge in [-0.05, 0) is 61.7 Å². The van der Waals surface area contributed by atoms with E-state index in [4.69, 9.17) is 9.72 Å². The zero-order valence-corrected chi connectivity index (χ0v) is 23.2. The first-order valence-electron chi connectivity index (χ1n) is 13.4. The van der Waals surface area contributed by atoms with Crippen LogP contribution in [0.4, 0.5) is 17.5 Å². The molecule has 1 aliphatic heterocycles. The van der Waals surface area contributed by atoms with Crippen molar-refractivity contribution in [1.82, 2.24) is 39.8 Å². The highest BCUT2D eigenvalue weighted by Gasteiger charge is 2.27. The number of carbonyl (C=O) groups is 1. The van der Waals surface area contributed by atoms with Gasteiger partial charge in [0.2, 0.25) is 11.9 Å². The molecule has 2 aromatic carbocycles. The minimum atomic E-state index is -0.0885. The number of aryl methyl sites for hydroxylation is 2. The van der Waals surface area contributed by atoms with Crippen molar-refractivity contribution in [2.75, 3.05) is 30.4 Å². The minimum Gasteiger partial charge on any atom is -0.457 e. The Labute approximate surface area is 236 Å². The predicted molar refractivity (Wildman–Crippen MR) is 156 cm³/mol. The van der Waals surface area contributed by atoms with Crippen LogP contribution in [0.5, 0.6) is 11.5 Å². The van der Waals surface area contributed by atoms with Gasteiger partial charge in [0.05, 0.1) is 11.7 Å². The fraction of sp³-hybridized carbons (Fsp3) is 0.276. The molecule has 0 aliphatic carbocycles. The molecule has 1 N–H and O–H groups in total. The van der Waals surface area contributed by atoms with E-state index in [9.17, 15) is 4.79 Å². The third-order valence-electron chi connectivity index (χ3n) is 7.36. The van der Waals surface area contributed by atoms with Gasteiger partial charge in [0.15, 0.2) is 5.82 Å². The molecule has 12 heteroatoms. The van der Waals surface area contributed by atoms with Gasteiger partial charge in [-0.2, -0.15) is 0 Å². The number of carbonyl (C=O) groups excluding carboxylic acids is 1. The Morgan fingerprint density at radius 2 is 2.05 bits per heavy atom. The highest BCUT2D eigenvalue weighted by molar-refractivity contribution is 5.88. The van der Waals surface area contributed by atoms with Crippen molar-refractivity contribution in [1.29, 1.82) is 0 Å². The predicted octanol–water partition coefficient (Wildman–Crippen LogP) is 4.16. The molecule has 208 valence electrons. The molecule has 6 rings (SSSR count). The van der Waals surface area contributed by atoms with E-state index < -0.39 is 0 Å². The zero-order valence-electron chi connectivity index (χ0n) is 23.2. The normalized spacial score (nSPS) is 15.2. The van der Waals surface area contributed by atoms with Gasteiger partial charge in [0.25, 0.3) is 0 Å². The van der Waals surface area contributed by atoms with Gasteiger partial charge < -0.3 is 19.9 Å². The number of rotatable bonds is 7. The summed E-state index contributed by atoms with van der Waals surface area (Å²) < 4.78 is 7.87. The maximum absolute atomic E-state index is 12.2. The summed E-state index contributed by atoms with van der Waals surface area (Å²) in [7, 11) is 3.67. The number of fused-ring (bicyclic) bond motifs is 2. The standard InChI is InChI=1S/C29H30N10O2/c1-5-26(40)37(3)20-7-6-12-39(16-20)29-30-15-23-27(34-29)28(32-17-31-23)33-19-8-11-25(18(2)13-19)41-21-9-10-24-22(14-21)35-36-38(24)4/h5,8-11,13-15,17,20H,1,6-7,12,16H2,2-4H3,(H,31,32,33)/t20-/m1/s1. The Hall–Kier alpha value is -5.13. The molecule has 1 saturated heterocycles. The molecule has 5 aromatic rings. The zero-order chi connectivity index (χ0) is 28.5. The number of anilines is 3. The fourth-order valence-electron chi connectivity index (χ4n) is 5.05. The third-order valence-corrected chi connectivity index (χ3v) is 7.36. The van der Waals surface area contributed by atoms with Crippen molar-refractivity contribution in [3.05, 3.63) is 67.1 Å². The summed E-state index contributed by atoms with van der Waals surface area (Å²) >= 11 is 0. The summed E-state index contributed by atoms with van der Waals surface area (Å²) in [6.45, 7) is 7.04. The Kier molecular flexibility index (Phi) is 6.88. The summed E-state index contributed by atoms with van der Waals surface area (Å²) in [5, 5.41) is 11.6. The molecule has 4 heterocycles. The molecule has 1 amide bonds. The molecule has 12 nitrogen and oxygen atoms in total. The van der Waals surface area contributed by atoms with E-state index in [0.717, 1.165) is 47.4 Å². The Morgan fingerprint density at radius 1 is 1.17 bits per heavy atom. The second kappa shape index (κ2) is 10.8. The van der Waals surface area contributed by atoms with Gasteiger partial charge in [-0.25, -0.2) is 24.6 Å². The minimum absolute atomic E-state index is 0.0596. The molecule has 0 bridgehead atoms. The third kappa shape index (κ3) is 5.23. The molecule has 3 aromatic heterocycles. The molecule has 0 radical (unpaired) electrons. The summed E-state index contributed by atoms with van der Waals surface area (Å²) in [5.41, 5.74) is 4.74. The summed E-state index contributed by atoms with van der Waals surface area (Å²) in [5.74, 6) is 2.49. The van der Waals surface area contributed by atoms with Crippen LogP contribution in [0.25, 0.3) is 22.1 Å². The van der Waals surface area contributed by atoms with E-state index in [1.807, 2.05) is 57.4 Å². The van der Waals surface area contributed by atoms with Crippen LogP contribution in [0.1, 0.15) is 18.4 Å². The number of nitrogens with one attached hydrogen (secondary N) is 1. The Morgan fingerprint density at radius 3 is 2.88 bits per heavy atom. The van der Waals surface area contributed by atoms with E-state index in [-0.39, 0.29) is 11.9 Å². The van der Waals surface area contributed by atoms with Gasteiger partial charge in [0, 0.05) is 45.0 Å². The monoisotopic (exact) mass is 550 g/mol. The quantitative estimate of drug-likeness (QED) is 0.295. The summed E-state index contributed by atoms with van der Waals surface area (Å²) in [6.07, 6.45) is 6.40. The summed E-state index contributed by atoms with van der Waals surface area (Å²) in [4.78, 5) is 34.2. The maximum Gasteiger partial charge on any atom is 0.246 e. The molecule has 1 fully saturated rings. The number of piperidine rings is 1. The van der Waals surface area contributed by atoms with Gasteiger partial charge in [-0.1, -0.05) is 11.8 Å². The highest BCUT2D eigenvalue weighted by atomic mass is 16.5. The van der Waals surface area contributed by atoms with Gasteiger partial charge in [0.1, 0.15) is 34.4 Å². The number of amides is 1. The van der Waals surface area contributed by atoms with Crippen LogP contribution in [0, 0.1) is 6.92 Å². The number of aromatic nitrogens is 7. The molecule has 1 aliphatic rings. The second-order valence-corrected chi connectivity index (χ2v) is 10.1. The Bertz CT molecular complexity index is 1770. The van der Waals surface area contributed by atoms with Crippen molar-refractivity contribution in [2.24, 2.45) is 7.05 Å². The van der Waals surface area contributed by atoms with E-state index in [0.29, 0.717) is 35.1 Å². The average Bonchev–Trinajstić information content (AvgIpc) is 3.37. The second-order valence-electron chi connectivity index (χ2n) is 10.1. The van der Waals surface area contributed by atoms with Crippen LogP contribution in [-0.4, -0.2) is 71.9 Å². The van der Waals surface area contributed by atoms with Crippen LogP contribution in [0.15, 0.2) is 61.6 Å². The van der Waals surface area contributed by atoms with Crippen molar-refractivity contribution >= 4 is 45.4 Å². The van der Waals surface area contributed by atoms with Crippen LogP contribution in [0.3, 0.4) is 0 Å². The highest BCUT2D eigenvalue weighted by Crippen LogP contribution is 2.31. The average molecular weight is 551 g/mol. The molecule has 0 saturated carbocycles.